The zero-order valence-electron chi connectivity index (χ0n) is 12.3. The fraction of sp³-hybridized carbons (Fsp3) is 0.111. The molecule has 1 unspecified atom stereocenters. The summed E-state index contributed by atoms with van der Waals surface area (Å²) in [6.45, 7) is 0. The first-order chi connectivity index (χ1) is 10.8. The Morgan fingerprint density at radius 3 is 2.82 bits per heavy atom. The Morgan fingerprint density at radius 2 is 2.05 bits per heavy atom. The van der Waals surface area contributed by atoms with E-state index < -0.39 is 0 Å². The van der Waals surface area contributed by atoms with Crippen LogP contribution in [0.25, 0.3) is 22.7 Å². The lowest BCUT2D eigenvalue weighted by Gasteiger charge is -2.09. The number of fused-ring (bicyclic) bond motifs is 1. The third-order valence-electron chi connectivity index (χ3n) is 3.91. The van der Waals surface area contributed by atoms with Gasteiger partial charge in [-0.1, -0.05) is 18.2 Å². The lowest BCUT2D eigenvalue weighted by atomic mass is 10.2. The van der Waals surface area contributed by atoms with E-state index >= 15 is 0 Å². The van der Waals surface area contributed by atoms with Gasteiger partial charge in [0.05, 0.1) is 17.1 Å². The Labute approximate surface area is 128 Å². The molecule has 3 N–H and O–H groups in total. The molecule has 4 heteroatoms. The van der Waals surface area contributed by atoms with E-state index in [1.807, 2.05) is 30.5 Å². The van der Waals surface area contributed by atoms with Gasteiger partial charge in [0.25, 0.3) is 0 Å². The third-order valence-corrected chi connectivity index (χ3v) is 3.91. The summed E-state index contributed by atoms with van der Waals surface area (Å²) in [6, 6.07) is 14.4. The zero-order valence-corrected chi connectivity index (χ0v) is 12.3. The highest BCUT2D eigenvalue weighted by atomic mass is 16.5. The molecule has 0 saturated carbocycles. The van der Waals surface area contributed by atoms with Crippen LogP contribution in [0.5, 0.6) is 0 Å². The van der Waals surface area contributed by atoms with Gasteiger partial charge in [-0.05, 0) is 41.8 Å². The second kappa shape index (κ2) is 5.24. The number of ether oxygens (including phenoxy) is 1. The SMILES string of the molecule is COC1C=C(c2ccc[nH]2)N/C1=C\c1cc2ccccc2[nH]1. The van der Waals surface area contributed by atoms with Crippen LogP contribution in [-0.2, 0) is 4.74 Å². The highest BCUT2D eigenvalue weighted by Gasteiger charge is 2.22. The number of hydrogen-bond acceptors (Lipinski definition) is 2. The zero-order chi connectivity index (χ0) is 14.9. The predicted molar refractivity (Wildman–Crippen MR) is 89.0 cm³/mol. The molecule has 2 aromatic heterocycles. The Balaban J connectivity index is 1.67. The van der Waals surface area contributed by atoms with Gasteiger partial charge in [0.15, 0.2) is 0 Å². The van der Waals surface area contributed by atoms with Gasteiger partial charge in [0, 0.05) is 24.5 Å². The third kappa shape index (κ3) is 2.23. The van der Waals surface area contributed by atoms with E-state index in [0.717, 1.165) is 28.3 Å². The van der Waals surface area contributed by atoms with Crippen LogP contribution in [0.3, 0.4) is 0 Å². The highest BCUT2D eigenvalue weighted by Crippen LogP contribution is 2.25. The van der Waals surface area contributed by atoms with Crippen molar-refractivity contribution in [3.05, 3.63) is 71.8 Å². The van der Waals surface area contributed by atoms with E-state index in [2.05, 4.69) is 45.6 Å². The van der Waals surface area contributed by atoms with Gasteiger partial charge in [-0.25, -0.2) is 0 Å². The van der Waals surface area contributed by atoms with Crippen LogP contribution < -0.4 is 5.32 Å². The van der Waals surface area contributed by atoms with Crippen molar-refractivity contribution in [2.45, 2.75) is 6.10 Å². The number of aromatic amines is 2. The molecule has 0 bridgehead atoms. The molecule has 0 aliphatic carbocycles. The molecule has 0 saturated heterocycles. The number of rotatable bonds is 3. The Hall–Kier alpha value is -2.72. The number of para-hydroxylation sites is 1. The molecule has 1 aliphatic heterocycles. The van der Waals surface area contributed by atoms with Gasteiger partial charge in [-0.3, -0.25) is 0 Å². The van der Waals surface area contributed by atoms with Crippen molar-refractivity contribution in [3.63, 3.8) is 0 Å². The van der Waals surface area contributed by atoms with Crippen LogP contribution in [-0.4, -0.2) is 23.2 Å². The summed E-state index contributed by atoms with van der Waals surface area (Å²) in [4.78, 5) is 6.62. The van der Waals surface area contributed by atoms with Crippen LogP contribution >= 0.6 is 0 Å². The van der Waals surface area contributed by atoms with E-state index in [1.165, 1.54) is 5.39 Å². The van der Waals surface area contributed by atoms with Gasteiger partial charge in [-0.2, -0.15) is 0 Å². The molecular formula is C18H17N3O. The maximum Gasteiger partial charge on any atom is 0.117 e. The summed E-state index contributed by atoms with van der Waals surface area (Å²) in [5.74, 6) is 0. The number of methoxy groups -OCH3 is 1. The molecule has 0 spiro atoms. The van der Waals surface area contributed by atoms with Crippen molar-refractivity contribution in [2.75, 3.05) is 7.11 Å². The maximum absolute atomic E-state index is 5.56. The molecule has 4 rings (SSSR count). The van der Waals surface area contributed by atoms with E-state index in [0.29, 0.717) is 0 Å². The van der Waals surface area contributed by atoms with E-state index in [4.69, 9.17) is 4.74 Å². The van der Waals surface area contributed by atoms with Crippen LogP contribution in [0.1, 0.15) is 11.4 Å². The average Bonchev–Trinajstić information content (AvgIpc) is 3.26. The van der Waals surface area contributed by atoms with Crippen LogP contribution in [0, 0.1) is 0 Å². The normalized spacial score (nSPS) is 19.6. The van der Waals surface area contributed by atoms with Crippen molar-refractivity contribution < 1.29 is 4.74 Å². The van der Waals surface area contributed by atoms with Gasteiger partial charge < -0.3 is 20.0 Å². The van der Waals surface area contributed by atoms with Crippen LogP contribution in [0.15, 0.2) is 60.4 Å². The minimum Gasteiger partial charge on any atom is -0.371 e. The number of aromatic nitrogens is 2. The lowest BCUT2D eigenvalue weighted by molar-refractivity contribution is 0.170. The number of nitrogens with one attached hydrogen (secondary N) is 3. The summed E-state index contributed by atoms with van der Waals surface area (Å²) in [5.41, 5.74) is 5.32. The van der Waals surface area contributed by atoms with Crippen molar-refractivity contribution in [2.24, 2.45) is 0 Å². The van der Waals surface area contributed by atoms with Gasteiger partial charge in [0.1, 0.15) is 6.10 Å². The van der Waals surface area contributed by atoms with Gasteiger partial charge >= 0.3 is 0 Å². The van der Waals surface area contributed by atoms with Gasteiger partial charge in [0.2, 0.25) is 0 Å². The second-order valence-electron chi connectivity index (χ2n) is 5.36. The molecule has 0 radical (unpaired) electrons. The first-order valence-corrected chi connectivity index (χ1v) is 7.28. The van der Waals surface area contributed by atoms with Crippen LogP contribution in [0.4, 0.5) is 0 Å². The van der Waals surface area contributed by atoms with E-state index in [1.54, 1.807) is 7.11 Å². The fourth-order valence-electron chi connectivity index (χ4n) is 2.82. The Bertz CT molecular complexity index is 822. The summed E-state index contributed by atoms with van der Waals surface area (Å²) in [7, 11) is 1.72. The fourth-order valence-corrected chi connectivity index (χ4v) is 2.82. The molecule has 22 heavy (non-hydrogen) atoms. The summed E-state index contributed by atoms with van der Waals surface area (Å²) < 4.78 is 5.56. The molecule has 3 aromatic rings. The molecule has 3 heterocycles. The minimum atomic E-state index is -0.0651. The maximum atomic E-state index is 5.56. The summed E-state index contributed by atoms with van der Waals surface area (Å²) in [5, 5.41) is 4.64. The minimum absolute atomic E-state index is 0.0651. The van der Waals surface area contributed by atoms with E-state index in [9.17, 15) is 0 Å². The molecular weight excluding hydrogens is 274 g/mol. The molecule has 1 atom stereocenters. The lowest BCUT2D eigenvalue weighted by Crippen LogP contribution is -2.14. The smallest absolute Gasteiger partial charge is 0.117 e. The number of H-pyrrole nitrogens is 2. The van der Waals surface area contributed by atoms with Crippen molar-refractivity contribution >= 4 is 22.7 Å². The van der Waals surface area contributed by atoms with Crippen molar-refractivity contribution in [1.29, 1.82) is 0 Å². The number of hydrogen-bond donors (Lipinski definition) is 3. The standard InChI is InChI=1S/C18H17N3O/c1-22-18-11-16(15-7-4-8-19-15)21-17(18)10-13-9-12-5-2-3-6-14(12)20-13/h2-11,18-21H,1H3/b17-10-. The Kier molecular flexibility index (Phi) is 3.09. The molecule has 0 fully saturated rings. The monoisotopic (exact) mass is 291 g/mol. The molecule has 0 amide bonds. The topological polar surface area (TPSA) is 52.8 Å². The summed E-state index contributed by atoms with van der Waals surface area (Å²) in [6.07, 6.45) is 6.03. The van der Waals surface area contributed by atoms with Crippen molar-refractivity contribution in [3.8, 4) is 0 Å². The predicted octanol–water partition coefficient (Wildman–Crippen LogP) is 3.50. The molecule has 110 valence electrons. The summed E-state index contributed by atoms with van der Waals surface area (Å²) >= 11 is 0. The molecule has 4 nitrogen and oxygen atoms in total. The number of benzene rings is 1. The average molecular weight is 291 g/mol. The van der Waals surface area contributed by atoms with Gasteiger partial charge in [-0.15, -0.1) is 0 Å². The highest BCUT2D eigenvalue weighted by molar-refractivity contribution is 5.83. The quantitative estimate of drug-likeness (QED) is 0.692. The molecule has 1 aromatic carbocycles. The first kappa shape index (κ1) is 13.0. The second-order valence-corrected chi connectivity index (χ2v) is 5.36. The first-order valence-electron chi connectivity index (χ1n) is 7.28. The largest absolute Gasteiger partial charge is 0.371 e. The van der Waals surface area contributed by atoms with Crippen molar-refractivity contribution in [1.82, 2.24) is 15.3 Å². The van der Waals surface area contributed by atoms with E-state index in [-0.39, 0.29) is 6.10 Å². The Morgan fingerprint density at radius 1 is 1.14 bits per heavy atom. The van der Waals surface area contributed by atoms with Crippen LogP contribution in [0.2, 0.25) is 0 Å². The molecule has 1 aliphatic rings.